The normalized spacial score (nSPS) is 21.9. The van der Waals surface area contributed by atoms with Gasteiger partial charge in [-0.05, 0) is 49.6 Å². The summed E-state index contributed by atoms with van der Waals surface area (Å²) in [5.41, 5.74) is 1.90. The number of hydrogen-bond acceptors (Lipinski definition) is 6. The van der Waals surface area contributed by atoms with E-state index in [2.05, 4.69) is 26.7 Å². The number of nitriles is 1. The van der Waals surface area contributed by atoms with E-state index in [0.29, 0.717) is 37.4 Å². The van der Waals surface area contributed by atoms with Crippen molar-refractivity contribution in [3.05, 3.63) is 60.0 Å². The van der Waals surface area contributed by atoms with Crippen LogP contribution in [0.3, 0.4) is 0 Å². The molecule has 3 aromatic rings. The number of carbonyl (C=O) groups excluding carboxylic acids is 3. The minimum Gasteiger partial charge on any atom is -0.496 e. The molecule has 4 unspecified atom stereocenters. The lowest BCUT2D eigenvalue weighted by atomic mass is 9.98. The third-order valence-electron chi connectivity index (χ3n) is 7.20. The van der Waals surface area contributed by atoms with Crippen LogP contribution in [0.25, 0.3) is 10.9 Å². The first-order chi connectivity index (χ1) is 18.0. The first kappa shape index (κ1) is 24.3. The summed E-state index contributed by atoms with van der Waals surface area (Å²) >= 11 is 0. The Kier molecular flexibility index (Phi) is 6.77. The van der Waals surface area contributed by atoms with Gasteiger partial charge in [-0.1, -0.05) is 12.1 Å². The van der Waals surface area contributed by atoms with Gasteiger partial charge in [0, 0.05) is 47.7 Å². The van der Waals surface area contributed by atoms with Gasteiger partial charge in [-0.2, -0.15) is 5.26 Å². The molecule has 2 aliphatic heterocycles. The molecule has 3 amide bonds. The maximum absolute atomic E-state index is 13.7. The second-order valence-corrected chi connectivity index (χ2v) is 9.47. The number of ether oxygens (including phenoxy) is 1. The Morgan fingerprint density at radius 3 is 2.86 bits per heavy atom. The lowest BCUT2D eigenvalue weighted by Gasteiger charge is -2.25. The van der Waals surface area contributed by atoms with Gasteiger partial charge < -0.3 is 25.3 Å². The van der Waals surface area contributed by atoms with E-state index in [4.69, 9.17) is 4.74 Å². The Bertz CT molecular complexity index is 1360. The zero-order chi connectivity index (χ0) is 25.9. The summed E-state index contributed by atoms with van der Waals surface area (Å²) in [7, 11) is 1.57. The van der Waals surface area contributed by atoms with Gasteiger partial charge in [-0.15, -0.1) is 0 Å². The SMILES string of the molecule is COc1cccc2[nH]c(C(=O)N3CC(c4ccccn4)CC3C(=O)NC(C#N)CC3CCNC3=O)cc12. The number of aromatic nitrogens is 2. The first-order valence-electron chi connectivity index (χ1n) is 12.3. The van der Waals surface area contributed by atoms with Crippen LogP contribution in [0, 0.1) is 17.2 Å². The van der Waals surface area contributed by atoms with Gasteiger partial charge in [-0.3, -0.25) is 19.4 Å². The number of nitrogens with zero attached hydrogens (tertiary/aromatic N) is 3. The van der Waals surface area contributed by atoms with Gasteiger partial charge in [0.05, 0.1) is 13.2 Å². The fraction of sp³-hybridized carbons (Fsp3) is 0.370. The molecule has 4 heterocycles. The predicted octanol–water partition coefficient (Wildman–Crippen LogP) is 2.10. The maximum Gasteiger partial charge on any atom is 0.271 e. The third kappa shape index (κ3) is 4.85. The molecule has 5 rings (SSSR count). The van der Waals surface area contributed by atoms with E-state index < -0.39 is 18.0 Å². The smallest absolute Gasteiger partial charge is 0.271 e. The highest BCUT2D eigenvalue weighted by Gasteiger charge is 2.42. The molecule has 2 aromatic heterocycles. The number of H-pyrrole nitrogens is 1. The zero-order valence-electron chi connectivity index (χ0n) is 20.4. The summed E-state index contributed by atoms with van der Waals surface area (Å²) in [6.07, 6.45) is 2.93. The number of methoxy groups -OCH3 is 1. The highest BCUT2D eigenvalue weighted by atomic mass is 16.5. The van der Waals surface area contributed by atoms with E-state index in [1.165, 1.54) is 0 Å². The van der Waals surface area contributed by atoms with Crippen LogP contribution in [-0.4, -0.2) is 64.9 Å². The lowest BCUT2D eigenvalue weighted by Crippen LogP contribution is -2.49. The van der Waals surface area contributed by atoms with Crippen LogP contribution in [-0.2, 0) is 9.59 Å². The highest BCUT2D eigenvalue weighted by Crippen LogP contribution is 2.33. The van der Waals surface area contributed by atoms with Crippen LogP contribution in [0.5, 0.6) is 5.75 Å². The van der Waals surface area contributed by atoms with E-state index in [0.717, 1.165) is 16.6 Å². The molecular weight excluding hydrogens is 472 g/mol. The van der Waals surface area contributed by atoms with Gasteiger partial charge in [0.2, 0.25) is 11.8 Å². The summed E-state index contributed by atoms with van der Waals surface area (Å²) in [6.45, 7) is 0.879. The average Bonchev–Trinajstić information content (AvgIpc) is 3.66. The number of nitrogens with one attached hydrogen (secondary N) is 3. The minimum atomic E-state index is -0.829. The Labute approximate surface area is 214 Å². The summed E-state index contributed by atoms with van der Waals surface area (Å²) in [5, 5.41) is 16.0. The number of aromatic amines is 1. The number of hydrogen-bond donors (Lipinski definition) is 3. The number of carbonyl (C=O) groups is 3. The molecule has 3 N–H and O–H groups in total. The van der Waals surface area contributed by atoms with Crippen molar-refractivity contribution in [2.45, 2.75) is 37.3 Å². The van der Waals surface area contributed by atoms with E-state index in [9.17, 15) is 19.6 Å². The number of fused-ring (bicyclic) bond motifs is 1. The standard InChI is InChI=1S/C27H28N6O4/c1-37-24-7-4-6-21-19(24)13-22(32-21)27(36)33-15-17(20-5-2-3-9-29-20)12-23(33)26(35)31-18(14-28)11-16-8-10-30-25(16)34/h2-7,9,13,16-18,23,32H,8,10-12,15H2,1H3,(H,30,34)(H,31,35). The van der Waals surface area contributed by atoms with E-state index in [1.807, 2.05) is 36.4 Å². The topological polar surface area (TPSA) is 140 Å². The van der Waals surface area contributed by atoms with E-state index in [-0.39, 0.29) is 30.1 Å². The Hall–Kier alpha value is -4.39. The number of benzene rings is 1. The van der Waals surface area contributed by atoms with Crippen molar-refractivity contribution in [3.8, 4) is 11.8 Å². The molecule has 4 atom stereocenters. The zero-order valence-corrected chi connectivity index (χ0v) is 20.4. The molecule has 0 bridgehead atoms. The first-order valence-corrected chi connectivity index (χ1v) is 12.3. The fourth-order valence-electron chi connectivity index (χ4n) is 5.28. The molecular formula is C27H28N6O4. The molecule has 0 aliphatic carbocycles. The van der Waals surface area contributed by atoms with Crippen molar-refractivity contribution in [1.82, 2.24) is 25.5 Å². The minimum absolute atomic E-state index is 0.100. The van der Waals surface area contributed by atoms with Gasteiger partial charge in [0.25, 0.3) is 5.91 Å². The average molecular weight is 501 g/mol. The predicted molar refractivity (Wildman–Crippen MR) is 135 cm³/mol. The monoisotopic (exact) mass is 500 g/mol. The highest BCUT2D eigenvalue weighted by molar-refractivity contribution is 6.02. The summed E-state index contributed by atoms with van der Waals surface area (Å²) in [4.78, 5) is 48.3. The lowest BCUT2D eigenvalue weighted by molar-refractivity contribution is -0.126. The molecule has 0 saturated carbocycles. The number of likely N-dealkylation sites (tertiary alicyclic amines) is 1. The molecule has 37 heavy (non-hydrogen) atoms. The molecule has 0 spiro atoms. The Morgan fingerprint density at radius 1 is 1.30 bits per heavy atom. The van der Waals surface area contributed by atoms with Crippen molar-refractivity contribution >= 4 is 28.6 Å². The number of pyridine rings is 1. The second-order valence-electron chi connectivity index (χ2n) is 9.47. The van der Waals surface area contributed by atoms with Crippen molar-refractivity contribution in [2.75, 3.05) is 20.2 Å². The molecule has 10 nitrogen and oxygen atoms in total. The van der Waals surface area contributed by atoms with Crippen LogP contribution in [0.2, 0.25) is 0 Å². The van der Waals surface area contributed by atoms with Gasteiger partial charge in [0.1, 0.15) is 23.5 Å². The number of rotatable bonds is 7. The van der Waals surface area contributed by atoms with Crippen molar-refractivity contribution in [3.63, 3.8) is 0 Å². The van der Waals surface area contributed by atoms with Gasteiger partial charge in [-0.25, -0.2) is 0 Å². The van der Waals surface area contributed by atoms with Crippen LogP contribution < -0.4 is 15.4 Å². The van der Waals surface area contributed by atoms with Crippen molar-refractivity contribution in [1.29, 1.82) is 5.26 Å². The number of amides is 3. The molecule has 10 heteroatoms. The molecule has 190 valence electrons. The third-order valence-corrected chi connectivity index (χ3v) is 7.20. The van der Waals surface area contributed by atoms with Crippen LogP contribution in [0.4, 0.5) is 0 Å². The quantitative estimate of drug-likeness (QED) is 0.454. The largest absolute Gasteiger partial charge is 0.496 e. The van der Waals surface area contributed by atoms with Crippen LogP contribution in [0.15, 0.2) is 48.7 Å². The van der Waals surface area contributed by atoms with E-state index >= 15 is 0 Å². The molecule has 1 aromatic carbocycles. The summed E-state index contributed by atoms with van der Waals surface area (Å²) < 4.78 is 5.42. The maximum atomic E-state index is 13.7. The Morgan fingerprint density at radius 2 is 2.16 bits per heavy atom. The van der Waals surface area contributed by atoms with Gasteiger partial charge >= 0.3 is 0 Å². The van der Waals surface area contributed by atoms with Crippen LogP contribution >= 0.6 is 0 Å². The Balaban J connectivity index is 1.40. The summed E-state index contributed by atoms with van der Waals surface area (Å²) in [5.74, 6) is -0.639. The fourth-order valence-corrected chi connectivity index (χ4v) is 5.28. The van der Waals surface area contributed by atoms with E-state index in [1.54, 1.807) is 24.3 Å². The molecule has 2 aliphatic rings. The van der Waals surface area contributed by atoms with Crippen molar-refractivity contribution < 1.29 is 19.1 Å². The van der Waals surface area contributed by atoms with Crippen molar-refractivity contribution in [2.24, 2.45) is 5.92 Å². The van der Waals surface area contributed by atoms with Gasteiger partial charge in [0.15, 0.2) is 0 Å². The molecule has 0 radical (unpaired) electrons. The summed E-state index contributed by atoms with van der Waals surface area (Å²) in [6, 6.07) is 13.3. The second kappa shape index (κ2) is 10.3. The molecule has 2 saturated heterocycles. The van der Waals surface area contributed by atoms with Crippen LogP contribution in [0.1, 0.15) is 41.4 Å². The molecule has 2 fully saturated rings.